The highest BCUT2D eigenvalue weighted by molar-refractivity contribution is 7.07. The quantitative estimate of drug-likeness (QED) is 0.446. The summed E-state index contributed by atoms with van der Waals surface area (Å²) in [6.45, 7) is 2.28. The molecule has 1 aliphatic rings. The van der Waals surface area contributed by atoms with Gasteiger partial charge in [0, 0.05) is 0 Å². The van der Waals surface area contributed by atoms with E-state index in [-0.39, 0.29) is 8.11 Å². The van der Waals surface area contributed by atoms with E-state index in [4.69, 9.17) is 11.1 Å². The molecular formula is C8H16ClSi. The van der Waals surface area contributed by atoms with E-state index in [1.807, 2.05) is 0 Å². The normalized spacial score (nSPS) is 23.4. The molecular weight excluding hydrogens is 160 g/mol. The number of hydrogen-bond acceptors (Lipinski definition) is 0. The van der Waals surface area contributed by atoms with Crippen molar-refractivity contribution in [1.29, 1.82) is 0 Å². The highest BCUT2D eigenvalue weighted by Crippen LogP contribution is 2.29. The summed E-state index contributed by atoms with van der Waals surface area (Å²) >= 11 is 6.08. The molecule has 0 amide bonds. The Morgan fingerprint density at radius 3 is 2.50 bits per heavy atom. The predicted molar refractivity (Wildman–Crippen MR) is 48.9 cm³/mol. The first-order valence-electron chi connectivity index (χ1n) is 4.33. The van der Waals surface area contributed by atoms with Gasteiger partial charge in [0.25, 0.3) is 0 Å². The van der Waals surface area contributed by atoms with Crippen molar-refractivity contribution in [2.45, 2.75) is 44.7 Å². The Morgan fingerprint density at radius 1 is 1.40 bits per heavy atom. The fourth-order valence-electron chi connectivity index (χ4n) is 1.69. The zero-order chi connectivity index (χ0) is 7.40. The maximum absolute atomic E-state index is 6.08. The smallest absolute Gasteiger partial charge is 0.165 e. The lowest BCUT2D eigenvalue weighted by molar-refractivity contribution is 0.435. The first-order chi connectivity index (χ1) is 4.83. The third kappa shape index (κ3) is 2.63. The van der Waals surface area contributed by atoms with Crippen molar-refractivity contribution in [2.75, 3.05) is 0 Å². The summed E-state index contributed by atoms with van der Waals surface area (Å²) in [5, 5.41) is 0. The molecule has 0 nitrogen and oxygen atoms in total. The summed E-state index contributed by atoms with van der Waals surface area (Å²) in [7, 11) is -0.371. The molecule has 10 heavy (non-hydrogen) atoms. The molecule has 2 heteroatoms. The van der Waals surface area contributed by atoms with Crippen molar-refractivity contribution in [3.8, 4) is 0 Å². The fraction of sp³-hybridized carbons (Fsp3) is 1.00. The van der Waals surface area contributed by atoms with E-state index in [1.165, 1.54) is 37.8 Å². The monoisotopic (exact) mass is 175 g/mol. The molecule has 0 aromatic carbocycles. The first-order valence-corrected chi connectivity index (χ1v) is 7.25. The third-order valence-corrected chi connectivity index (χ3v) is 5.14. The first kappa shape index (κ1) is 8.60. The minimum Gasteiger partial charge on any atom is -0.169 e. The molecule has 0 N–H and O–H groups in total. The molecule has 1 heterocycles. The summed E-state index contributed by atoms with van der Waals surface area (Å²) in [5.74, 6) is 1.03. The van der Waals surface area contributed by atoms with Crippen LogP contribution in [0.4, 0.5) is 0 Å². The van der Waals surface area contributed by atoms with Gasteiger partial charge in [-0.3, -0.25) is 0 Å². The summed E-state index contributed by atoms with van der Waals surface area (Å²) in [6.07, 6.45) is 5.64. The van der Waals surface area contributed by atoms with E-state index >= 15 is 0 Å². The van der Waals surface area contributed by atoms with Gasteiger partial charge in [-0.1, -0.05) is 32.6 Å². The Balaban J connectivity index is 2.13. The van der Waals surface area contributed by atoms with Crippen molar-refractivity contribution < 1.29 is 0 Å². The summed E-state index contributed by atoms with van der Waals surface area (Å²) in [6, 6.07) is 2.72. The Labute approximate surface area is 70.3 Å². The van der Waals surface area contributed by atoms with E-state index in [0.29, 0.717) is 0 Å². The Hall–Kier alpha value is 0.507. The van der Waals surface area contributed by atoms with Gasteiger partial charge in [0.1, 0.15) is 0 Å². The second kappa shape index (κ2) is 4.40. The summed E-state index contributed by atoms with van der Waals surface area (Å²) in [4.78, 5) is 0. The van der Waals surface area contributed by atoms with Crippen molar-refractivity contribution in [1.82, 2.24) is 0 Å². The van der Waals surface area contributed by atoms with E-state index in [9.17, 15) is 0 Å². The zero-order valence-electron chi connectivity index (χ0n) is 6.70. The van der Waals surface area contributed by atoms with E-state index in [2.05, 4.69) is 6.92 Å². The van der Waals surface area contributed by atoms with Gasteiger partial charge in [0.2, 0.25) is 0 Å². The fourth-order valence-corrected chi connectivity index (χ4v) is 4.04. The lowest BCUT2D eigenvalue weighted by Crippen LogP contribution is -2.15. The number of hydrogen-bond donors (Lipinski definition) is 0. The summed E-state index contributed by atoms with van der Waals surface area (Å²) < 4.78 is 0. The van der Waals surface area contributed by atoms with Gasteiger partial charge in [-0.15, -0.1) is 0 Å². The standard InChI is InChI=1S/C8H16ClSi/c1-2-3-8-4-6-10(9)7-5-8/h8H,2-7H2,1H3. The van der Waals surface area contributed by atoms with Gasteiger partial charge < -0.3 is 0 Å². The predicted octanol–water partition coefficient (Wildman–Crippen LogP) is 3.43. The van der Waals surface area contributed by atoms with Crippen LogP contribution in [-0.2, 0) is 0 Å². The molecule has 0 aromatic heterocycles. The van der Waals surface area contributed by atoms with Crippen molar-refractivity contribution in [3.63, 3.8) is 0 Å². The van der Waals surface area contributed by atoms with Crippen molar-refractivity contribution in [2.24, 2.45) is 5.92 Å². The molecule has 0 unspecified atom stereocenters. The number of halogens is 1. The van der Waals surface area contributed by atoms with Gasteiger partial charge in [0.15, 0.2) is 8.11 Å². The lowest BCUT2D eigenvalue weighted by Gasteiger charge is -2.22. The molecule has 0 spiro atoms. The van der Waals surface area contributed by atoms with E-state index < -0.39 is 0 Å². The molecule has 0 aliphatic carbocycles. The van der Waals surface area contributed by atoms with Crippen LogP contribution in [0.3, 0.4) is 0 Å². The average Bonchev–Trinajstić information content (AvgIpc) is 1.95. The molecule has 1 aliphatic heterocycles. The topological polar surface area (TPSA) is 0 Å². The van der Waals surface area contributed by atoms with Crippen LogP contribution in [0, 0.1) is 5.92 Å². The molecule has 0 atom stereocenters. The van der Waals surface area contributed by atoms with Gasteiger partial charge in [-0.2, -0.15) is 11.1 Å². The molecule has 1 rings (SSSR count). The van der Waals surface area contributed by atoms with Crippen LogP contribution in [0.1, 0.15) is 32.6 Å². The molecule has 0 aromatic rings. The van der Waals surface area contributed by atoms with Crippen LogP contribution in [0.2, 0.25) is 12.1 Å². The van der Waals surface area contributed by atoms with Crippen LogP contribution in [0.5, 0.6) is 0 Å². The van der Waals surface area contributed by atoms with Crippen molar-refractivity contribution in [3.05, 3.63) is 0 Å². The average molecular weight is 176 g/mol. The van der Waals surface area contributed by atoms with Gasteiger partial charge in [-0.05, 0) is 18.0 Å². The van der Waals surface area contributed by atoms with Crippen LogP contribution in [0.15, 0.2) is 0 Å². The highest BCUT2D eigenvalue weighted by Gasteiger charge is 2.19. The van der Waals surface area contributed by atoms with Gasteiger partial charge in [-0.25, -0.2) is 0 Å². The molecule has 1 radical (unpaired) electrons. The van der Waals surface area contributed by atoms with Crippen LogP contribution in [-0.4, -0.2) is 8.11 Å². The molecule has 0 saturated carbocycles. The van der Waals surface area contributed by atoms with Crippen LogP contribution < -0.4 is 0 Å². The third-order valence-electron chi connectivity index (χ3n) is 2.34. The Kier molecular flexibility index (Phi) is 3.78. The van der Waals surface area contributed by atoms with Crippen LogP contribution >= 0.6 is 11.1 Å². The Morgan fingerprint density at radius 2 is 2.00 bits per heavy atom. The van der Waals surface area contributed by atoms with Crippen molar-refractivity contribution >= 4 is 19.2 Å². The lowest BCUT2D eigenvalue weighted by atomic mass is 9.98. The molecule has 0 bridgehead atoms. The van der Waals surface area contributed by atoms with E-state index in [1.54, 1.807) is 0 Å². The highest BCUT2D eigenvalue weighted by atomic mass is 35.6. The SMILES string of the molecule is CCCC1CC[Si](Cl)CC1. The second-order valence-corrected chi connectivity index (χ2v) is 6.89. The van der Waals surface area contributed by atoms with E-state index in [0.717, 1.165) is 5.92 Å². The molecule has 1 fully saturated rings. The summed E-state index contributed by atoms with van der Waals surface area (Å²) in [5.41, 5.74) is 0. The maximum Gasteiger partial charge on any atom is 0.165 e. The molecule has 1 saturated heterocycles. The number of rotatable bonds is 2. The minimum absolute atomic E-state index is 0.371. The van der Waals surface area contributed by atoms with Gasteiger partial charge in [0.05, 0.1) is 0 Å². The zero-order valence-corrected chi connectivity index (χ0v) is 8.45. The molecule has 59 valence electrons. The van der Waals surface area contributed by atoms with Crippen LogP contribution in [0.25, 0.3) is 0 Å². The minimum atomic E-state index is -0.371. The largest absolute Gasteiger partial charge is 0.169 e. The maximum atomic E-state index is 6.08. The Bertz CT molecular complexity index is 87.3. The van der Waals surface area contributed by atoms with Gasteiger partial charge >= 0.3 is 0 Å². The second-order valence-electron chi connectivity index (χ2n) is 3.25.